The van der Waals surface area contributed by atoms with Crippen molar-refractivity contribution in [3.63, 3.8) is 0 Å². The molecular formula is C17H13FN3O+. The number of nitrogens with one attached hydrogen (secondary N) is 1. The summed E-state index contributed by atoms with van der Waals surface area (Å²) in [5, 5.41) is 12.1. The molecule has 0 amide bonds. The molecule has 0 saturated heterocycles. The predicted octanol–water partition coefficient (Wildman–Crippen LogP) is 2.05. The molecule has 0 fully saturated rings. The average molecular weight is 294 g/mol. The van der Waals surface area contributed by atoms with E-state index in [0.717, 1.165) is 10.9 Å². The molecule has 0 spiro atoms. The van der Waals surface area contributed by atoms with Crippen LogP contribution >= 0.6 is 0 Å². The number of hydrogen-bond donors (Lipinski definition) is 2. The molecular weight excluding hydrogens is 281 g/mol. The molecule has 0 bridgehead atoms. The van der Waals surface area contributed by atoms with Gasteiger partial charge in [0.05, 0.1) is 0 Å². The largest absolute Gasteiger partial charge is 0.357 e. The summed E-state index contributed by atoms with van der Waals surface area (Å²) in [5.41, 5.74) is 3.48. The Morgan fingerprint density at radius 1 is 1.00 bits per heavy atom. The summed E-state index contributed by atoms with van der Waals surface area (Å²) < 4.78 is 14.9. The van der Waals surface area contributed by atoms with Crippen molar-refractivity contribution in [2.75, 3.05) is 5.43 Å². The van der Waals surface area contributed by atoms with Crippen molar-refractivity contribution in [1.82, 2.24) is 0 Å². The van der Waals surface area contributed by atoms with Crippen LogP contribution in [0.4, 0.5) is 4.39 Å². The summed E-state index contributed by atoms with van der Waals surface area (Å²) in [5.74, 6) is -0.350. The minimum absolute atomic E-state index is 0.350. The molecule has 0 aliphatic carbocycles. The van der Waals surface area contributed by atoms with Crippen molar-refractivity contribution in [3.05, 3.63) is 77.7 Å². The van der Waals surface area contributed by atoms with Crippen molar-refractivity contribution in [2.45, 2.75) is 5.72 Å². The highest BCUT2D eigenvalue weighted by molar-refractivity contribution is 5.77. The Kier molecular flexibility index (Phi) is 2.71. The Balaban J connectivity index is 1.97. The lowest BCUT2D eigenvalue weighted by Gasteiger charge is -2.24. The van der Waals surface area contributed by atoms with Gasteiger partial charge < -0.3 is 5.11 Å². The Bertz CT molecular complexity index is 892. The van der Waals surface area contributed by atoms with E-state index in [1.54, 1.807) is 4.68 Å². The molecule has 2 N–H and O–H groups in total. The van der Waals surface area contributed by atoms with Gasteiger partial charge in [0.25, 0.3) is 11.4 Å². The number of fused-ring (bicyclic) bond motifs is 3. The summed E-state index contributed by atoms with van der Waals surface area (Å²) in [7, 11) is 0. The topological polar surface area (TPSA) is 48.5 Å². The van der Waals surface area contributed by atoms with E-state index >= 15 is 0 Å². The van der Waals surface area contributed by atoms with Crippen molar-refractivity contribution < 1.29 is 14.2 Å². The first-order valence-corrected chi connectivity index (χ1v) is 6.91. The number of benzene rings is 2. The van der Waals surface area contributed by atoms with Crippen LogP contribution in [0.15, 0.2) is 65.7 Å². The Hall–Kier alpha value is -2.79. The van der Waals surface area contributed by atoms with E-state index in [1.165, 1.54) is 30.6 Å². The molecule has 1 unspecified atom stereocenters. The highest BCUT2D eigenvalue weighted by Crippen LogP contribution is 2.31. The Labute approximate surface area is 126 Å². The fraction of sp³-hybridized carbons (Fsp3) is 0.0588. The van der Waals surface area contributed by atoms with E-state index < -0.39 is 5.72 Å². The predicted molar refractivity (Wildman–Crippen MR) is 81.4 cm³/mol. The molecule has 5 heteroatoms. The first-order chi connectivity index (χ1) is 10.7. The lowest BCUT2D eigenvalue weighted by molar-refractivity contribution is -0.630. The van der Waals surface area contributed by atoms with Gasteiger partial charge in [0.2, 0.25) is 5.52 Å². The van der Waals surface area contributed by atoms with Crippen LogP contribution < -0.4 is 10.1 Å². The van der Waals surface area contributed by atoms with Gasteiger partial charge in [-0.2, -0.15) is 0 Å². The minimum atomic E-state index is -1.55. The van der Waals surface area contributed by atoms with E-state index in [2.05, 4.69) is 10.4 Å². The second kappa shape index (κ2) is 4.61. The zero-order valence-corrected chi connectivity index (χ0v) is 11.6. The van der Waals surface area contributed by atoms with E-state index in [0.29, 0.717) is 11.3 Å². The lowest BCUT2D eigenvalue weighted by Crippen LogP contribution is -2.56. The van der Waals surface area contributed by atoms with Gasteiger partial charge in [-0.05, 0) is 24.3 Å². The smallest absolute Gasteiger partial charge is 0.273 e. The van der Waals surface area contributed by atoms with Gasteiger partial charge in [-0.15, -0.1) is 5.43 Å². The maximum absolute atomic E-state index is 13.1. The molecule has 4 rings (SSSR count). The van der Waals surface area contributed by atoms with Gasteiger partial charge in [-0.3, -0.25) is 0 Å². The summed E-state index contributed by atoms with van der Waals surface area (Å²) in [4.78, 5) is 4.19. The number of pyridine rings is 1. The van der Waals surface area contributed by atoms with Crippen molar-refractivity contribution in [3.8, 4) is 0 Å². The third kappa shape index (κ3) is 1.79. The average Bonchev–Trinajstić information content (AvgIpc) is 2.55. The normalized spacial score (nSPS) is 19.7. The van der Waals surface area contributed by atoms with Crippen molar-refractivity contribution in [2.24, 2.45) is 4.99 Å². The third-order valence-corrected chi connectivity index (χ3v) is 3.88. The van der Waals surface area contributed by atoms with E-state index in [4.69, 9.17) is 0 Å². The van der Waals surface area contributed by atoms with E-state index in [9.17, 15) is 9.50 Å². The van der Waals surface area contributed by atoms with Crippen LogP contribution in [0.3, 0.4) is 0 Å². The van der Waals surface area contributed by atoms with Crippen LogP contribution in [0.1, 0.15) is 11.3 Å². The second-order valence-corrected chi connectivity index (χ2v) is 5.18. The van der Waals surface area contributed by atoms with Gasteiger partial charge in [0.15, 0.2) is 0 Å². The zero-order chi connectivity index (χ0) is 15.2. The van der Waals surface area contributed by atoms with Gasteiger partial charge in [-0.25, -0.2) is 9.38 Å². The van der Waals surface area contributed by atoms with Gasteiger partial charge >= 0.3 is 0 Å². The molecule has 0 radical (unpaired) electrons. The Morgan fingerprint density at radius 3 is 2.59 bits per heavy atom. The molecule has 108 valence electrons. The molecule has 1 aromatic heterocycles. The van der Waals surface area contributed by atoms with Crippen LogP contribution in [0.5, 0.6) is 0 Å². The van der Waals surface area contributed by atoms with Crippen LogP contribution in [0.2, 0.25) is 0 Å². The number of aromatic nitrogens is 1. The number of hydrogen-bond acceptors (Lipinski definition) is 3. The lowest BCUT2D eigenvalue weighted by atomic mass is 9.98. The van der Waals surface area contributed by atoms with Crippen molar-refractivity contribution >= 4 is 17.2 Å². The summed E-state index contributed by atoms with van der Waals surface area (Å²) in [6.45, 7) is 0. The number of nitrogens with zero attached hydrogens (tertiary/aromatic N) is 2. The molecule has 22 heavy (non-hydrogen) atoms. The molecule has 2 heterocycles. The summed E-state index contributed by atoms with van der Waals surface area (Å²) in [6, 6.07) is 17.3. The molecule has 1 aliphatic rings. The molecule has 3 aromatic rings. The fourth-order valence-corrected chi connectivity index (χ4v) is 2.77. The highest BCUT2D eigenvalue weighted by atomic mass is 19.1. The first kappa shape index (κ1) is 12.9. The van der Waals surface area contributed by atoms with E-state index in [-0.39, 0.29) is 5.82 Å². The monoisotopic (exact) mass is 294 g/mol. The fourth-order valence-electron chi connectivity index (χ4n) is 2.77. The molecule has 1 aliphatic heterocycles. The molecule has 4 nitrogen and oxygen atoms in total. The maximum atomic E-state index is 13.1. The van der Waals surface area contributed by atoms with E-state index in [1.807, 2.05) is 36.4 Å². The number of aliphatic hydroxyl groups is 1. The standard InChI is InChI=1S/C17H13FN3O/c18-14-8-6-13(7-9-14)17(22)16-10-5-12-3-1-2-4-15(12)21(16)20-11-19-17/h1-11,22H,(H,19,20)/q+1. The van der Waals surface area contributed by atoms with Gasteiger partial charge in [-0.1, -0.05) is 28.9 Å². The number of para-hydroxylation sites is 1. The number of rotatable bonds is 1. The number of halogens is 1. The van der Waals surface area contributed by atoms with Crippen LogP contribution in [0, 0.1) is 5.82 Å². The van der Waals surface area contributed by atoms with Crippen LogP contribution in [-0.4, -0.2) is 11.4 Å². The maximum Gasteiger partial charge on any atom is 0.273 e. The second-order valence-electron chi connectivity index (χ2n) is 5.18. The first-order valence-electron chi connectivity index (χ1n) is 6.91. The highest BCUT2D eigenvalue weighted by Gasteiger charge is 2.42. The van der Waals surface area contributed by atoms with Crippen molar-refractivity contribution in [1.29, 1.82) is 0 Å². The van der Waals surface area contributed by atoms with Gasteiger partial charge in [0, 0.05) is 23.1 Å². The van der Waals surface area contributed by atoms with Crippen LogP contribution in [-0.2, 0) is 5.72 Å². The van der Waals surface area contributed by atoms with Crippen LogP contribution in [0.25, 0.3) is 10.9 Å². The zero-order valence-electron chi connectivity index (χ0n) is 11.6. The van der Waals surface area contributed by atoms with Gasteiger partial charge in [0.1, 0.15) is 12.2 Å². The SMILES string of the molecule is OC1(c2ccc(F)cc2)N=CN[n+]2c1ccc1ccccc12. The number of aliphatic imine (C=N–C) groups is 1. The third-order valence-electron chi connectivity index (χ3n) is 3.88. The minimum Gasteiger partial charge on any atom is -0.357 e. The molecule has 2 aromatic carbocycles. The quantitative estimate of drug-likeness (QED) is 0.675. The summed E-state index contributed by atoms with van der Waals surface area (Å²) >= 11 is 0. The summed E-state index contributed by atoms with van der Waals surface area (Å²) in [6.07, 6.45) is 1.45. The molecule has 1 atom stereocenters. The molecule has 0 saturated carbocycles. The Morgan fingerprint density at radius 2 is 1.77 bits per heavy atom.